The number of hydrogen-bond acceptors (Lipinski definition) is 10. The highest BCUT2D eigenvalue weighted by molar-refractivity contribution is 7.88. The molecule has 6 rings (SSSR count). The van der Waals surface area contributed by atoms with Crippen LogP contribution in [0, 0.1) is 0 Å². The third kappa shape index (κ3) is 8.92. The molecular weight excluding hydrogens is 831 g/mol. The fraction of sp³-hybridized carbons (Fsp3) is 0.220. The molecule has 10 nitrogen and oxygen atoms in total. The average molecular weight is 863 g/mol. The molecule has 59 heavy (non-hydrogen) atoms. The van der Waals surface area contributed by atoms with Gasteiger partial charge in [-0.15, -0.1) is 0 Å². The maximum atomic E-state index is 13.3. The molecule has 0 heterocycles. The van der Waals surface area contributed by atoms with E-state index in [-0.39, 0.29) is 54.5 Å². The van der Waals surface area contributed by atoms with Gasteiger partial charge in [-0.05, 0) is 107 Å². The van der Waals surface area contributed by atoms with Gasteiger partial charge in [0.15, 0.2) is 0 Å². The fourth-order valence-corrected chi connectivity index (χ4v) is 7.76. The SMILES string of the molecule is CCc1c(CCc2cccc3c2C(OS(=O)(=O)C(F)(F)F)=CC3)ccc(C(=O)OC)c1OC(=O)/C=C/c1cccc(-c2cccc3c2C(OS(=O)(=O)C(F)(F)F)=CC3)c1. The van der Waals surface area contributed by atoms with Crippen LogP contribution in [0.25, 0.3) is 28.7 Å². The minimum atomic E-state index is -5.94. The predicted octanol–water partition coefficient (Wildman–Crippen LogP) is 8.63. The fourth-order valence-electron chi connectivity index (χ4n) is 6.80. The lowest BCUT2D eigenvalue weighted by atomic mass is 9.92. The Kier molecular flexibility index (Phi) is 11.9. The van der Waals surface area contributed by atoms with Gasteiger partial charge in [0, 0.05) is 17.2 Å². The highest BCUT2D eigenvalue weighted by Gasteiger charge is 2.50. The van der Waals surface area contributed by atoms with Crippen LogP contribution in [0.2, 0.25) is 0 Å². The normalized spacial score (nSPS) is 14.0. The van der Waals surface area contributed by atoms with Gasteiger partial charge < -0.3 is 17.8 Å². The van der Waals surface area contributed by atoms with Crippen molar-refractivity contribution in [2.45, 2.75) is 50.0 Å². The Morgan fingerprint density at radius 2 is 1.31 bits per heavy atom. The van der Waals surface area contributed by atoms with Crippen LogP contribution < -0.4 is 4.74 Å². The van der Waals surface area contributed by atoms with Gasteiger partial charge in [0.1, 0.15) is 22.8 Å². The van der Waals surface area contributed by atoms with Crippen molar-refractivity contribution < 1.29 is 70.6 Å². The number of fused-ring (bicyclic) bond motifs is 2. The number of halogens is 6. The third-order valence-electron chi connectivity index (χ3n) is 9.45. The summed E-state index contributed by atoms with van der Waals surface area (Å²) in [6.07, 6.45) is 5.93. The molecule has 0 spiro atoms. The molecule has 0 amide bonds. The van der Waals surface area contributed by atoms with Gasteiger partial charge in [-0.3, -0.25) is 0 Å². The van der Waals surface area contributed by atoms with Gasteiger partial charge >= 0.3 is 43.2 Å². The average Bonchev–Trinajstić information content (AvgIpc) is 3.78. The number of ether oxygens (including phenoxy) is 2. The number of carbonyl (C=O) groups is 2. The molecule has 310 valence electrons. The van der Waals surface area contributed by atoms with E-state index < -0.39 is 54.7 Å². The third-order valence-corrected chi connectivity index (χ3v) is 11.4. The molecule has 4 aromatic rings. The van der Waals surface area contributed by atoms with E-state index in [1.165, 1.54) is 24.3 Å². The van der Waals surface area contributed by atoms with Crippen molar-refractivity contribution in [2.24, 2.45) is 0 Å². The second kappa shape index (κ2) is 16.4. The molecule has 0 atom stereocenters. The Hall–Kier alpha value is -5.88. The van der Waals surface area contributed by atoms with Crippen molar-refractivity contribution in [3.05, 3.63) is 141 Å². The van der Waals surface area contributed by atoms with Crippen LogP contribution in [-0.4, -0.2) is 46.9 Å². The zero-order chi connectivity index (χ0) is 42.9. The lowest BCUT2D eigenvalue weighted by Gasteiger charge is -2.18. The van der Waals surface area contributed by atoms with E-state index in [2.05, 4.69) is 8.37 Å². The van der Waals surface area contributed by atoms with E-state index in [4.69, 9.17) is 9.47 Å². The lowest BCUT2D eigenvalue weighted by molar-refractivity contribution is -0.129. The molecule has 0 unspecified atom stereocenters. The Morgan fingerprint density at radius 1 is 0.729 bits per heavy atom. The summed E-state index contributed by atoms with van der Waals surface area (Å²) in [5, 5.41) is 0. The molecule has 2 aliphatic rings. The first kappa shape index (κ1) is 42.7. The molecule has 0 fully saturated rings. The van der Waals surface area contributed by atoms with Gasteiger partial charge in [0.05, 0.1) is 7.11 Å². The second-order valence-electron chi connectivity index (χ2n) is 13.1. The number of carbonyl (C=O) groups excluding carboxylic acids is 2. The van der Waals surface area contributed by atoms with Crippen LogP contribution in [0.1, 0.15) is 61.8 Å². The topological polar surface area (TPSA) is 139 Å². The monoisotopic (exact) mass is 862 g/mol. The molecule has 0 N–H and O–H groups in total. The highest BCUT2D eigenvalue weighted by atomic mass is 32.2. The largest absolute Gasteiger partial charge is 0.534 e. The Labute approximate surface area is 334 Å². The quantitative estimate of drug-likeness (QED) is 0.0321. The molecule has 4 aromatic carbocycles. The van der Waals surface area contributed by atoms with Crippen molar-refractivity contribution in [3.63, 3.8) is 0 Å². The number of hydrogen-bond donors (Lipinski definition) is 0. The summed E-state index contributed by atoms with van der Waals surface area (Å²) in [7, 11) is -10.7. The van der Waals surface area contributed by atoms with Crippen LogP contribution in [0.4, 0.5) is 26.3 Å². The first-order valence-electron chi connectivity index (χ1n) is 17.6. The van der Waals surface area contributed by atoms with E-state index in [0.29, 0.717) is 44.5 Å². The summed E-state index contributed by atoms with van der Waals surface area (Å²) in [5.74, 6) is -2.70. The number of aryl methyl sites for hydroxylation is 2. The van der Waals surface area contributed by atoms with Gasteiger partial charge in [-0.2, -0.15) is 43.2 Å². The van der Waals surface area contributed by atoms with E-state index in [9.17, 15) is 52.8 Å². The zero-order valence-corrected chi connectivity index (χ0v) is 32.6. The minimum Gasteiger partial charge on any atom is -0.465 e. The summed E-state index contributed by atoms with van der Waals surface area (Å²) in [6, 6.07) is 19.3. The molecule has 0 aliphatic heterocycles. The van der Waals surface area contributed by atoms with Crippen molar-refractivity contribution in [2.75, 3.05) is 7.11 Å². The number of allylic oxidation sites excluding steroid dienone is 2. The van der Waals surface area contributed by atoms with Crippen LogP contribution in [-0.2, 0) is 70.2 Å². The number of alkyl halides is 6. The predicted molar refractivity (Wildman–Crippen MR) is 203 cm³/mol. The first-order valence-corrected chi connectivity index (χ1v) is 20.4. The highest BCUT2D eigenvalue weighted by Crippen LogP contribution is 2.41. The van der Waals surface area contributed by atoms with Gasteiger partial charge in [0.25, 0.3) is 0 Å². The number of benzene rings is 4. The van der Waals surface area contributed by atoms with Crippen LogP contribution in [0.5, 0.6) is 5.75 Å². The molecule has 0 saturated carbocycles. The maximum Gasteiger partial charge on any atom is 0.534 e. The Bertz CT molecular complexity index is 2660. The Balaban J connectivity index is 1.24. The lowest BCUT2D eigenvalue weighted by Crippen LogP contribution is -2.25. The van der Waals surface area contributed by atoms with E-state index >= 15 is 0 Å². The maximum absolute atomic E-state index is 13.3. The van der Waals surface area contributed by atoms with Crippen LogP contribution >= 0.6 is 0 Å². The van der Waals surface area contributed by atoms with Crippen molar-refractivity contribution >= 4 is 49.8 Å². The second-order valence-corrected chi connectivity index (χ2v) is 16.2. The molecular formula is C41H32F6O10S2. The van der Waals surface area contributed by atoms with E-state index in [1.807, 2.05) is 0 Å². The van der Waals surface area contributed by atoms with Gasteiger partial charge in [-0.1, -0.05) is 67.6 Å². The summed E-state index contributed by atoms with van der Waals surface area (Å²) >= 11 is 0. The summed E-state index contributed by atoms with van der Waals surface area (Å²) in [4.78, 5) is 26.2. The molecule has 18 heteroatoms. The first-order chi connectivity index (χ1) is 27.7. The summed E-state index contributed by atoms with van der Waals surface area (Å²) in [6.45, 7) is 1.75. The van der Waals surface area contributed by atoms with Gasteiger partial charge in [0.2, 0.25) is 0 Å². The molecule has 2 aliphatic carbocycles. The Morgan fingerprint density at radius 3 is 1.92 bits per heavy atom. The summed E-state index contributed by atoms with van der Waals surface area (Å²) < 4.78 is 146. The number of rotatable bonds is 13. The minimum absolute atomic E-state index is 0.0648. The zero-order valence-electron chi connectivity index (χ0n) is 30.9. The molecule has 0 radical (unpaired) electrons. The van der Waals surface area contributed by atoms with E-state index in [0.717, 1.165) is 13.2 Å². The van der Waals surface area contributed by atoms with Crippen LogP contribution in [0.3, 0.4) is 0 Å². The standard InChI is InChI=1S/C41H32F6O10S2/c1-3-30-25(14-15-26-8-5-9-27-17-20-33(36(26)27)56-58(50,51)40(42,43)44)16-19-32(39(49)54-2)38(30)55-35(48)22-13-24-7-4-11-29(23-24)31-12-6-10-28-18-21-34(37(28)31)57-59(52,53)41(45,46)47/h4-13,16,19-23H,3,14-15,17-18H2,1-2H3/b22-13+. The van der Waals surface area contributed by atoms with Crippen LogP contribution in [0.15, 0.2) is 91.0 Å². The number of esters is 2. The summed E-state index contributed by atoms with van der Waals surface area (Å²) in [5.41, 5.74) is -6.99. The van der Waals surface area contributed by atoms with Gasteiger partial charge in [-0.25, -0.2) is 9.59 Å². The number of methoxy groups -OCH3 is 1. The molecule has 0 saturated heterocycles. The molecule has 0 bridgehead atoms. The smallest absolute Gasteiger partial charge is 0.465 e. The molecule has 0 aromatic heterocycles. The van der Waals surface area contributed by atoms with Crippen molar-refractivity contribution in [1.82, 2.24) is 0 Å². The van der Waals surface area contributed by atoms with E-state index in [1.54, 1.807) is 73.7 Å². The van der Waals surface area contributed by atoms with Crippen molar-refractivity contribution in [1.29, 1.82) is 0 Å². The van der Waals surface area contributed by atoms with Crippen molar-refractivity contribution in [3.8, 4) is 16.9 Å².